The van der Waals surface area contributed by atoms with Crippen molar-refractivity contribution >= 4 is 0 Å². The third-order valence-electron chi connectivity index (χ3n) is 4.18. The maximum atomic E-state index is 5.75. The zero-order valence-electron chi connectivity index (χ0n) is 13.8. The van der Waals surface area contributed by atoms with Gasteiger partial charge in [0.2, 0.25) is 0 Å². The topological polar surface area (TPSA) is 24.5 Å². The minimum absolute atomic E-state index is 0.0633. The Hall–Kier alpha value is -0.900. The molecule has 2 rings (SSSR count). The first-order valence-corrected chi connectivity index (χ1v) is 8.23. The van der Waals surface area contributed by atoms with Crippen molar-refractivity contribution in [1.82, 2.24) is 10.2 Å². The van der Waals surface area contributed by atoms with Crippen LogP contribution in [0.3, 0.4) is 0 Å². The second-order valence-electron chi connectivity index (χ2n) is 6.60. The van der Waals surface area contributed by atoms with E-state index in [1.165, 1.54) is 18.5 Å². The molecule has 21 heavy (non-hydrogen) atoms. The van der Waals surface area contributed by atoms with Crippen LogP contribution in [0.25, 0.3) is 0 Å². The van der Waals surface area contributed by atoms with Crippen molar-refractivity contribution in [3.05, 3.63) is 35.9 Å². The van der Waals surface area contributed by atoms with Gasteiger partial charge in [0.15, 0.2) is 0 Å². The van der Waals surface area contributed by atoms with Crippen LogP contribution in [0.1, 0.15) is 32.8 Å². The van der Waals surface area contributed by atoms with E-state index in [1.807, 2.05) is 0 Å². The number of hydrogen-bond acceptors (Lipinski definition) is 3. The smallest absolute Gasteiger partial charge is 0.0750 e. The molecule has 0 bridgehead atoms. The lowest BCUT2D eigenvalue weighted by atomic mass is 10.1. The van der Waals surface area contributed by atoms with Gasteiger partial charge in [-0.05, 0) is 45.7 Å². The molecule has 0 spiro atoms. The molecular weight excluding hydrogens is 260 g/mol. The van der Waals surface area contributed by atoms with Crippen molar-refractivity contribution in [2.45, 2.75) is 45.3 Å². The highest BCUT2D eigenvalue weighted by Gasteiger charge is 2.25. The number of nitrogens with one attached hydrogen (secondary N) is 1. The number of nitrogens with zero attached hydrogens (tertiary/aromatic N) is 1. The van der Waals surface area contributed by atoms with Crippen LogP contribution < -0.4 is 5.32 Å². The Labute approximate surface area is 129 Å². The fraction of sp³-hybridized carbons (Fsp3) is 0.667. The van der Waals surface area contributed by atoms with E-state index in [2.05, 4.69) is 61.3 Å². The Kier molecular flexibility index (Phi) is 6.22. The molecule has 1 saturated heterocycles. The number of ether oxygens (including phenoxy) is 1. The molecule has 1 aliphatic rings. The summed E-state index contributed by atoms with van der Waals surface area (Å²) in [5.41, 5.74) is 1.37. The number of hydrogen-bond donors (Lipinski definition) is 1. The highest BCUT2D eigenvalue weighted by molar-refractivity contribution is 5.14. The van der Waals surface area contributed by atoms with Crippen LogP contribution in [0.2, 0.25) is 0 Å². The molecule has 1 fully saturated rings. The van der Waals surface area contributed by atoms with Crippen LogP contribution in [0, 0.1) is 0 Å². The monoisotopic (exact) mass is 290 g/mol. The minimum atomic E-state index is -0.0633. The summed E-state index contributed by atoms with van der Waals surface area (Å²) in [5, 5.41) is 3.67. The van der Waals surface area contributed by atoms with Crippen LogP contribution in [0.4, 0.5) is 0 Å². The second-order valence-corrected chi connectivity index (χ2v) is 6.60. The Morgan fingerprint density at radius 3 is 2.76 bits per heavy atom. The van der Waals surface area contributed by atoms with Gasteiger partial charge in [0.1, 0.15) is 0 Å². The van der Waals surface area contributed by atoms with Gasteiger partial charge in [-0.3, -0.25) is 0 Å². The largest absolute Gasteiger partial charge is 0.375 e. The maximum Gasteiger partial charge on any atom is 0.0750 e. The summed E-state index contributed by atoms with van der Waals surface area (Å²) in [6.07, 6.45) is 2.40. The molecular formula is C18H30N2O. The molecule has 1 aromatic rings. The number of benzene rings is 1. The Morgan fingerprint density at radius 1 is 1.29 bits per heavy atom. The van der Waals surface area contributed by atoms with E-state index >= 15 is 0 Å². The van der Waals surface area contributed by atoms with Crippen molar-refractivity contribution in [2.24, 2.45) is 0 Å². The summed E-state index contributed by atoms with van der Waals surface area (Å²) in [6.45, 7) is 11.6. The molecule has 1 atom stereocenters. The third kappa shape index (κ3) is 5.77. The lowest BCUT2D eigenvalue weighted by Crippen LogP contribution is -2.43. The molecule has 3 nitrogen and oxygen atoms in total. The van der Waals surface area contributed by atoms with Crippen molar-refractivity contribution in [3.63, 3.8) is 0 Å². The SMILES string of the molecule is CCOC(C)(C)CNC1CCN(CCc2ccccc2)C1. The fourth-order valence-electron chi connectivity index (χ4n) is 2.97. The average Bonchev–Trinajstić information content (AvgIpc) is 2.92. The van der Waals surface area contributed by atoms with Gasteiger partial charge in [-0.1, -0.05) is 30.3 Å². The summed E-state index contributed by atoms with van der Waals surface area (Å²) >= 11 is 0. The van der Waals surface area contributed by atoms with Crippen molar-refractivity contribution in [2.75, 3.05) is 32.8 Å². The standard InChI is InChI=1S/C18H30N2O/c1-4-21-18(2,3)15-19-17-11-13-20(14-17)12-10-16-8-6-5-7-9-16/h5-9,17,19H,4,10-15H2,1-3H3. The predicted octanol–water partition coefficient (Wildman–Crippen LogP) is 2.71. The quantitative estimate of drug-likeness (QED) is 0.797. The highest BCUT2D eigenvalue weighted by atomic mass is 16.5. The van der Waals surface area contributed by atoms with Gasteiger partial charge < -0.3 is 15.0 Å². The summed E-state index contributed by atoms with van der Waals surface area (Å²) < 4.78 is 5.75. The van der Waals surface area contributed by atoms with Gasteiger partial charge >= 0.3 is 0 Å². The predicted molar refractivity (Wildman–Crippen MR) is 88.7 cm³/mol. The van der Waals surface area contributed by atoms with Gasteiger partial charge in [0, 0.05) is 32.3 Å². The van der Waals surface area contributed by atoms with E-state index in [0.29, 0.717) is 6.04 Å². The molecule has 0 aliphatic carbocycles. The number of likely N-dealkylation sites (tertiary alicyclic amines) is 1. The molecule has 0 radical (unpaired) electrons. The second kappa shape index (κ2) is 7.92. The molecule has 1 N–H and O–H groups in total. The fourth-order valence-corrected chi connectivity index (χ4v) is 2.97. The van der Waals surface area contributed by atoms with E-state index in [1.54, 1.807) is 0 Å². The summed E-state index contributed by atoms with van der Waals surface area (Å²) in [7, 11) is 0. The van der Waals surface area contributed by atoms with E-state index in [9.17, 15) is 0 Å². The third-order valence-corrected chi connectivity index (χ3v) is 4.18. The van der Waals surface area contributed by atoms with E-state index in [4.69, 9.17) is 4.74 Å². The lowest BCUT2D eigenvalue weighted by Gasteiger charge is -2.27. The molecule has 1 unspecified atom stereocenters. The van der Waals surface area contributed by atoms with Gasteiger partial charge in [0.25, 0.3) is 0 Å². The van der Waals surface area contributed by atoms with Crippen LogP contribution in [0.15, 0.2) is 30.3 Å². The molecule has 1 heterocycles. The van der Waals surface area contributed by atoms with Gasteiger partial charge in [0.05, 0.1) is 5.60 Å². The van der Waals surface area contributed by atoms with Crippen LogP contribution in [-0.4, -0.2) is 49.3 Å². The highest BCUT2D eigenvalue weighted by Crippen LogP contribution is 2.13. The van der Waals surface area contributed by atoms with Gasteiger partial charge in [-0.25, -0.2) is 0 Å². The molecule has 3 heteroatoms. The average molecular weight is 290 g/mol. The molecule has 0 amide bonds. The normalized spacial score (nSPS) is 20.0. The van der Waals surface area contributed by atoms with Crippen LogP contribution in [-0.2, 0) is 11.2 Å². The minimum Gasteiger partial charge on any atom is -0.375 e. The summed E-state index contributed by atoms with van der Waals surface area (Å²) in [6, 6.07) is 11.4. The van der Waals surface area contributed by atoms with E-state index in [0.717, 1.165) is 32.7 Å². The lowest BCUT2D eigenvalue weighted by molar-refractivity contribution is -0.0104. The molecule has 118 valence electrons. The van der Waals surface area contributed by atoms with Crippen LogP contribution in [0.5, 0.6) is 0 Å². The Bertz CT molecular complexity index is 405. The van der Waals surface area contributed by atoms with Crippen molar-refractivity contribution in [3.8, 4) is 0 Å². The van der Waals surface area contributed by atoms with Crippen molar-refractivity contribution in [1.29, 1.82) is 0 Å². The molecule has 0 aromatic heterocycles. The van der Waals surface area contributed by atoms with Crippen molar-refractivity contribution < 1.29 is 4.74 Å². The van der Waals surface area contributed by atoms with Gasteiger partial charge in [-0.15, -0.1) is 0 Å². The molecule has 1 aliphatic heterocycles. The maximum absolute atomic E-state index is 5.75. The molecule has 1 aromatic carbocycles. The zero-order valence-corrected chi connectivity index (χ0v) is 13.8. The first-order chi connectivity index (χ1) is 10.1. The number of rotatable bonds is 8. The Balaban J connectivity index is 1.67. The first kappa shape index (κ1) is 16.5. The Morgan fingerprint density at radius 2 is 2.05 bits per heavy atom. The molecule has 0 saturated carbocycles. The summed E-state index contributed by atoms with van der Waals surface area (Å²) in [5.74, 6) is 0. The first-order valence-electron chi connectivity index (χ1n) is 8.23. The van der Waals surface area contributed by atoms with Gasteiger partial charge in [-0.2, -0.15) is 0 Å². The zero-order chi connectivity index (χ0) is 15.1. The van der Waals surface area contributed by atoms with E-state index in [-0.39, 0.29) is 5.60 Å². The van der Waals surface area contributed by atoms with E-state index < -0.39 is 0 Å². The summed E-state index contributed by atoms with van der Waals surface area (Å²) in [4.78, 5) is 2.57. The van der Waals surface area contributed by atoms with Crippen LogP contribution >= 0.6 is 0 Å².